The molecule has 0 atom stereocenters. The monoisotopic (exact) mass is 539 g/mol. The minimum absolute atomic E-state index is 0.0846. The first kappa shape index (κ1) is 25.9. The number of hydrogen-bond donors (Lipinski definition) is 0. The van der Waals surface area contributed by atoms with Gasteiger partial charge in [-0.25, -0.2) is 4.68 Å². The van der Waals surface area contributed by atoms with E-state index in [1.54, 1.807) is 4.90 Å². The van der Waals surface area contributed by atoms with Gasteiger partial charge < -0.3 is 4.74 Å². The maximum absolute atomic E-state index is 13.4. The van der Waals surface area contributed by atoms with E-state index in [-0.39, 0.29) is 5.91 Å². The number of benzene rings is 3. The first-order valence-electron chi connectivity index (χ1n) is 12.7. The van der Waals surface area contributed by atoms with E-state index in [4.69, 9.17) is 22.1 Å². The number of carbonyl (C=O) groups excluding carboxylic acids is 1. The van der Waals surface area contributed by atoms with Crippen molar-refractivity contribution in [2.75, 3.05) is 6.61 Å². The molecule has 1 aromatic heterocycles. The van der Waals surface area contributed by atoms with Gasteiger partial charge >= 0.3 is 0 Å². The Morgan fingerprint density at radius 1 is 1.00 bits per heavy atom. The van der Waals surface area contributed by atoms with Crippen LogP contribution in [0.2, 0.25) is 0 Å². The number of aryl methyl sites for hydroxylation is 1. The normalized spacial score (nSPS) is 14.5. The van der Waals surface area contributed by atoms with Crippen LogP contribution in [0.3, 0.4) is 0 Å². The Bertz CT molecular complexity index is 1460. The maximum Gasteiger partial charge on any atom is 0.266 e. The third kappa shape index (κ3) is 5.90. The van der Waals surface area contributed by atoms with Gasteiger partial charge in [-0.05, 0) is 61.4 Å². The number of amides is 1. The number of ether oxygens (including phenoxy) is 1. The highest BCUT2D eigenvalue weighted by Crippen LogP contribution is 2.36. The quantitative estimate of drug-likeness (QED) is 0.126. The number of unbranched alkanes of at least 4 members (excludes halogenated alkanes) is 1. The highest BCUT2D eigenvalue weighted by molar-refractivity contribution is 8.26. The topological polar surface area (TPSA) is 47.4 Å². The van der Waals surface area contributed by atoms with E-state index in [0.29, 0.717) is 22.4 Å². The largest absolute Gasteiger partial charge is 0.494 e. The molecule has 1 fully saturated rings. The molecule has 1 aliphatic heterocycles. The van der Waals surface area contributed by atoms with Gasteiger partial charge in [0.2, 0.25) is 0 Å². The molecule has 0 aliphatic carbocycles. The number of rotatable bonds is 9. The number of thioether (sulfide) groups is 1. The first-order chi connectivity index (χ1) is 18.5. The predicted octanol–water partition coefficient (Wildman–Crippen LogP) is 7.43. The second-order valence-corrected chi connectivity index (χ2v) is 10.9. The smallest absolute Gasteiger partial charge is 0.266 e. The molecule has 0 spiro atoms. The van der Waals surface area contributed by atoms with Crippen LogP contribution in [0.4, 0.5) is 0 Å². The molecule has 5 rings (SSSR count). The number of nitrogens with zero attached hydrogens (tertiary/aromatic N) is 3. The van der Waals surface area contributed by atoms with Crippen molar-refractivity contribution in [3.8, 4) is 22.7 Å². The van der Waals surface area contributed by atoms with E-state index < -0.39 is 0 Å². The van der Waals surface area contributed by atoms with Gasteiger partial charge in [0.1, 0.15) is 10.1 Å². The van der Waals surface area contributed by atoms with E-state index in [0.717, 1.165) is 46.7 Å². The van der Waals surface area contributed by atoms with Gasteiger partial charge in [0.25, 0.3) is 5.91 Å². The Balaban J connectivity index is 1.46. The summed E-state index contributed by atoms with van der Waals surface area (Å²) >= 11 is 6.93. The molecular formula is C31H29N3O2S2. The number of para-hydroxylation sites is 1. The van der Waals surface area contributed by atoms with E-state index in [2.05, 4.69) is 6.92 Å². The van der Waals surface area contributed by atoms with Crippen molar-refractivity contribution in [3.05, 3.63) is 107 Å². The van der Waals surface area contributed by atoms with Crippen LogP contribution < -0.4 is 4.74 Å². The third-order valence-corrected chi connectivity index (χ3v) is 7.66. The highest BCUT2D eigenvalue weighted by atomic mass is 32.2. The van der Waals surface area contributed by atoms with Crippen LogP contribution in [0.1, 0.15) is 36.5 Å². The SMILES string of the molecule is CCCCOc1ccc(-c2nn(-c3ccccc3)cc2/C=C2\SC(=S)N(Cc3ccc(C)cc3)C2=O)cc1. The number of aromatic nitrogens is 2. The molecule has 1 amide bonds. The molecule has 0 N–H and O–H groups in total. The van der Waals surface area contributed by atoms with Gasteiger partial charge in [-0.2, -0.15) is 5.10 Å². The Morgan fingerprint density at radius 3 is 2.45 bits per heavy atom. The van der Waals surface area contributed by atoms with Gasteiger partial charge in [-0.15, -0.1) is 0 Å². The van der Waals surface area contributed by atoms with Crippen LogP contribution in [0.25, 0.3) is 23.0 Å². The molecular weight excluding hydrogens is 510 g/mol. The van der Waals surface area contributed by atoms with E-state index in [1.165, 1.54) is 17.3 Å². The van der Waals surface area contributed by atoms with Crippen LogP contribution in [-0.4, -0.2) is 31.5 Å². The van der Waals surface area contributed by atoms with Gasteiger partial charge in [0.05, 0.1) is 29.4 Å². The average Bonchev–Trinajstić information content (AvgIpc) is 3.47. The molecule has 0 radical (unpaired) electrons. The summed E-state index contributed by atoms with van der Waals surface area (Å²) in [4.78, 5) is 15.7. The molecule has 0 unspecified atom stereocenters. The molecule has 0 saturated carbocycles. The van der Waals surface area contributed by atoms with Gasteiger partial charge in [-0.3, -0.25) is 9.69 Å². The van der Waals surface area contributed by atoms with Crippen molar-refractivity contribution in [2.45, 2.75) is 33.2 Å². The molecule has 192 valence electrons. The van der Waals surface area contributed by atoms with Crippen molar-refractivity contribution in [1.82, 2.24) is 14.7 Å². The van der Waals surface area contributed by atoms with Crippen molar-refractivity contribution >= 4 is 40.3 Å². The van der Waals surface area contributed by atoms with Gasteiger partial charge in [-0.1, -0.05) is 85.4 Å². The van der Waals surface area contributed by atoms with Crippen LogP contribution in [0.15, 0.2) is 90.0 Å². The zero-order valence-electron chi connectivity index (χ0n) is 21.5. The molecule has 5 nitrogen and oxygen atoms in total. The Labute approximate surface area is 233 Å². The lowest BCUT2D eigenvalue weighted by molar-refractivity contribution is -0.122. The zero-order valence-corrected chi connectivity index (χ0v) is 23.1. The predicted molar refractivity (Wildman–Crippen MR) is 159 cm³/mol. The third-order valence-electron chi connectivity index (χ3n) is 6.28. The van der Waals surface area contributed by atoms with E-state index in [9.17, 15) is 4.79 Å². The number of carbonyl (C=O) groups is 1. The second-order valence-electron chi connectivity index (χ2n) is 9.19. The zero-order chi connectivity index (χ0) is 26.5. The van der Waals surface area contributed by atoms with E-state index >= 15 is 0 Å². The van der Waals surface area contributed by atoms with Gasteiger partial charge in [0, 0.05) is 17.3 Å². The fraction of sp³-hybridized carbons (Fsp3) is 0.194. The fourth-order valence-electron chi connectivity index (χ4n) is 4.13. The summed E-state index contributed by atoms with van der Waals surface area (Å²) in [5.74, 6) is 0.752. The molecule has 0 bridgehead atoms. The Morgan fingerprint density at radius 2 is 1.74 bits per heavy atom. The van der Waals surface area contributed by atoms with Crippen molar-refractivity contribution < 1.29 is 9.53 Å². The summed E-state index contributed by atoms with van der Waals surface area (Å²) in [6, 6.07) is 26.1. The molecule has 4 aromatic rings. The van der Waals surface area contributed by atoms with Crippen LogP contribution in [0, 0.1) is 6.92 Å². The minimum atomic E-state index is -0.0846. The summed E-state index contributed by atoms with van der Waals surface area (Å²) in [6.07, 6.45) is 5.98. The summed E-state index contributed by atoms with van der Waals surface area (Å²) in [6.45, 7) is 5.35. The summed E-state index contributed by atoms with van der Waals surface area (Å²) in [7, 11) is 0. The summed E-state index contributed by atoms with van der Waals surface area (Å²) < 4.78 is 8.25. The number of hydrogen-bond acceptors (Lipinski definition) is 5. The van der Waals surface area contributed by atoms with Crippen LogP contribution in [0.5, 0.6) is 5.75 Å². The minimum Gasteiger partial charge on any atom is -0.494 e. The van der Waals surface area contributed by atoms with Crippen molar-refractivity contribution in [1.29, 1.82) is 0 Å². The average molecular weight is 540 g/mol. The van der Waals surface area contributed by atoms with Gasteiger partial charge in [0.15, 0.2) is 0 Å². The second kappa shape index (κ2) is 11.8. The molecule has 38 heavy (non-hydrogen) atoms. The molecule has 1 aliphatic rings. The molecule has 3 aromatic carbocycles. The van der Waals surface area contributed by atoms with E-state index in [1.807, 2.05) is 103 Å². The standard InChI is InChI=1S/C31H29N3O2S2/c1-3-4-18-36-27-16-14-24(15-17-27)29-25(21-34(32-29)26-8-6-5-7-9-26)19-28-30(35)33(31(37)38-28)20-23-12-10-22(2)11-13-23/h5-17,19,21H,3-4,18,20H2,1-2H3/b28-19-. The number of thiocarbonyl (C=S) groups is 1. The van der Waals surface area contributed by atoms with Crippen LogP contribution >= 0.6 is 24.0 Å². The summed E-state index contributed by atoms with van der Waals surface area (Å²) in [5, 5.41) is 4.90. The first-order valence-corrected chi connectivity index (χ1v) is 13.9. The molecule has 2 heterocycles. The molecule has 1 saturated heterocycles. The summed E-state index contributed by atoms with van der Waals surface area (Å²) in [5.41, 5.74) is 5.76. The van der Waals surface area contributed by atoms with Crippen LogP contribution in [-0.2, 0) is 11.3 Å². The highest BCUT2D eigenvalue weighted by Gasteiger charge is 2.32. The Kier molecular flexibility index (Phi) is 8.05. The fourth-order valence-corrected chi connectivity index (χ4v) is 5.37. The Hall–Kier alpha value is -3.68. The lowest BCUT2D eigenvalue weighted by Crippen LogP contribution is -2.27. The molecule has 7 heteroatoms. The van der Waals surface area contributed by atoms with Crippen molar-refractivity contribution in [2.24, 2.45) is 0 Å². The maximum atomic E-state index is 13.4. The van der Waals surface area contributed by atoms with Crippen molar-refractivity contribution in [3.63, 3.8) is 0 Å². The lowest BCUT2D eigenvalue weighted by atomic mass is 10.1. The lowest BCUT2D eigenvalue weighted by Gasteiger charge is -2.14.